The molecule has 0 heterocycles. The summed E-state index contributed by atoms with van der Waals surface area (Å²) in [5.41, 5.74) is 0. The normalized spacial score (nSPS) is 21.2. The highest BCUT2D eigenvalue weighted by atomic mass is 28.2. The molecule has 0 spiro atoms. The quantitative estimate of drug-likeness (QED) is 0.607. The van der Waals surface area contributed by atoms with Crippen molar-refractivity contribution in [2.45, 2.75) is 58.0 Å². The third-order valence-electron chi connectivity index (χ3n) is 3.01. The molecule has 0 bridgehead atoms. The van der Waals surface area contributed by atoms with Gasteiger partial charge in [0.05, 0.1) is 9.68 Å². The van der Waals surface area contributed by atoms with Crippen LogP contribution in [0.15, 0.2) is 0 Å². The van der Waals surface area contributed by atoms with Gasteiger partial charge in [-0.3, -0.25) is 0 Å². The van der Waals surface area contributed by atoms with E-state index in [-0.39, 0.29) is 9.68 Å². The van der Waals surface area contributed by atoms with Crippen molar-refractivity contribution in [2.75, 3.05) is 6.54 Å². The van der Waals surface area contributed by atoms with Crippen molar-refractivity contribution in [3.63, 3.8) is 0 Å². The fraction of sp³-hybridized carbons (Fsp3) is 1.00. The Morgan fingerprint density at radius 2 is 1.92 bits per heavy atom. The van der Waals surface area contributed by atoms with Gasteiger partial charge in [0.1, 0.15) is 0 Å². The van der Waals surface area contributed by atoms with Crippen molar-refractivity contribution in [1.29, 1.82) is 0 Å². The van der Waals surface area contributed by atoms with Crippen LogP contribution in [-0.2, 0) is 0 Å². The van der Waals surface area contributed by atoms with Crippen LogP contribution < -0.4 is 0 Å². The summed E-state index contributed by atoms with van der Waals surface area (Å²) >= 11 is 0. The van der Waals surface area contributed by atoms with Crippen LogP contribution in [0.1, 0.15) is 45.4 Å². The van der Waals surface area contributed by atoms with E-state index in [9.17, 15) is 0 Å². The smallest absolute Gasteiger partial charge is 0.0923 e. The predicted molar refractivity (Wildman–Crippen MR) is 58.3 cm³/mol. The van der Waals surface area contributed by atoms with Crippen molar-refractivity contribution in [1.82, 2.24) is 4.57 Å². The van der Waals surface area contributed by atoms with Gasteiger partial charge >= 0.3 is 0 Å². The van der Waals surface area contributed by atoms with Gasteiger partial charge in [-0.2, -0.15) is 0 Å². The molecule has 0 saturated heterocycles. The Morgan fingerprint density at radius 3 is 2.42 bits per heavy atom. The van der Waals surface area contributed by atoms with Gasteiger partial charge in [-0.15, -0.1) is 0 Å². The molecule has 0 N–H and O–H groups in total. The third-order valence-corrected chi connectivity index (χ3v) is 4.65. The van der Waals surface area contributed by atoms with Crippen molar-refractivity contribution in [3.05, 3.63) is 0 Å². The third kappa shape index (κ3) is 2.90. The van der Waals surface area contributed by atoms with E-state index in [2.05, 4.69) is 18.0 Å². The van der Waals surface area contributed by atoms with Gasteiger partial charge in [-0.1, -0.05) is 32.7 Å². The molecule has 1 nitrogen and oxygen atoms in total. The van der Waals surface area contributed by atoms with Crippen molar-refractivity contribution in [3.8, 4) is 0 Å². The highest BCUT2D eigenvalue weighted by Crippen LogP contribution is 2.21. The van der Waals surface area contributed by atoms with Gasteiger partial charge in [0.15, 0.2) is 0 Å². The molecule has 12 heavy (non-hydrogen) atoms. The van der Waals surface area contributed by atoms with Crippen LogP contribution in [0.4, 0.5) is 0 Å². The lowest BCUT2D eigenvalue weighted by atomic mass is 9.95. The minimum absolute atomic E-state index is 0.105. The number of hydrogen-bond donors (Lipinski definition) is 0. The molecule has 0 radical (unpaired) electrons. The number of hydrogen-bond acceptors (Lipinski definition) is 1. The standard InChI is InChI=1S/C10H23NSi/c1-3-9-11(12-2)10-7-5-4-6-8-10/h10H,3-9,12H2,1-2H3. The first-order chi connectivity index (χ1) is 5.88. The number of rotatable bonds is 4. The fourth-order valence-electron chi connectivity index (χ4n) is 2.33. The Bertz CT molecular complexity index is 108. The summed E-state index contributed by atoms with van der Waals surface area (Å²) < 4.78 is 2.80. The second-order valence-electron chi connectivity index (χ2n) is 3.92. The summed E-state index contributed by atoms with van der Waals surface area (Å²) in [4.78, 5) is 0. The molecule has 72 valence electrons. The molecular weight excluding hydrogens is 162 g/mol. The highest BCUT2D eigenvalue weighted by Gasteiger charge is 2.18. The maximum absolute atomic E-state index is 2.80. The summed E-state index contributed by atoms with van der Waals surface area (Å²) in [6, 6.07) is 0.982. The lowest BCUT2D eigenvalue weighted by Crippen LogP contribution is -2.38. The van der Waals surface area contributed by atoms with Crippen LogP contribution in [0.2, 0.25) is 6.55 Å². The average molecular weight is 185 g/mol. The van der Waals surface area contributed by atoms with Crippen LogP contribution in [0, 0.1) is 0 Å². The molecule has 1 fully saturated rings. The van der Waals surface area contributed by atoms with Crippen molar-refractivity contribution < 1.29 is 0 Å². The molecule has 0 aliphatic heterocycles. The molecule has 1 aliphatic carbocycles. The maximum Gasteiger partial charge on any atom is 0.0923 e. The van der Waals surface area contributed by atoms with E-state index in [1.165, 1.54) is 45.1 Å². The summed E-state index contributed by atoms with van der Waals surface area (Å²) in [6.45, 7) is 6.11. The molecule has 0 aromatic heterocycles. The van der Waals surface area contributed by atoms with Gasteiger partial charge in [-0.05, 0) is 25.8 Å². The molecule has 2 heteroatoms. The van der Waals surface area contributed by atoms with Gasteiger partial charge in [0.25, 0.3) is 0 Å². The van der Waals surface area contributed by atoms with Gasteiger partial charge in [0, 0.05) is 6.04 Å². The van der Waals surface area contributed by atoms with E-state index < -0.39 is 0 Å². The number of nitrogens with zero attached hydrogens (tertiary/aromatic N) is 1. The topological polar surface area (TPSA) is 3.24 Å². The Kier molecular flexibility index (Phi) is 4.92. The first-order valence-corrected chi connectivity index (χ1v) is 7.67. The van der Waals surface area contributed by atoms with E-state index in [4.69, 9.17) is 0 Å². The van der Waals surface area contributed by atoms with E-state index in [1.807, 2.05) is 0 Å². The summed E-state index contributed by atoms with van der Waals surface area (Å²) in [7, 11) is 0.105. The highest BCUT2D eigenvalue weighted by molar-refractivity contribution is 6.29. The van der Waals surface area contributed by atoms with E-state index in [1.54, 1.807) is 0 Å². The van der Waals surface area contributed by atoms with Crippen molar-refractivity contribution >= 4 is 9.68 Å². The van der Waals surface area contributed by atoms with Crippen LogP contribution in [0.5, 0.6) is 0 Å². The SMILES string of the molecule is CCCN([SiH2]C)C1CCCCC1. The Balaban J connectivity index is 2.29. The van der Waals surface area contributed by atoms with Crippen LogP contribution in [0.3, 0.4) is 0 Å². The molecule has 0 unspecified atom stereocenters. The summed E-state index contributed by atoms with van der Waals surface area (Å²) in [5.74, 6) is 0. The molecule has 1 aliphatic rings. The Hall–Kier alpha value is 0.177. The molecule has 0 aromatic carbocycles. The van der Waals surface area contributed by atoms with Crippen LogP contribution in [-0.4, -0.2) is 26.8 Å². The minimum atomic E-state index is 0.105. The lowest BCUT2D eigenvalue weighted by molar-refractivity contribution is 0.258. The van der Waals surface area contributed by atoms with Gasteiger partial charge < -0.3 is 4.57 Å². The summed E-state index contributed by atoms with van der Waals surface area (Å²) in [6.07, 6.45) is 8.78. The molecule has 0 atom stereocenters. The monoisotopic (exact) mass is 185 g/mol. The molecule has 1 saturated carbocycles. The second-order valence-corrected chi connectivity index (χ2v) is 5.37. The second kappa shape index (κ2) is 5.76. The van der Waals surface area contributed by atoms with Crippen LogP contribution >= 0.6 is 0 Å². The molecule has 1 rings (SSSR count). The molecular formula is C10H23NSi. The van der Waals surface area contributed by atoms with Gasteiger partial charge in [-0.25, -0.2) is 0 Å². The van der Waals surface area contributed by atoms with E-state index in [0.717, 1.165) is 6.04 Å². The zero-order valence-corrected chi connectivity index (χ0v) is 10.1. The first kappa shape index (κ1) is 10.3. The van der Waals surface area contributed by atoms with E-state index in [0.29, 0.717) is 0 Å². The predicted octanol–water partition coefficient (Wildman–Crippen LogP) is 2.16. The van der Waals surface area contributed by atoms with E-state index >= 15 is 0 Å². The fourth-order valence-corrected chi connectivity index (χ4v) is 3.85. The Labute approximate surface area is 79.4 Å². The maximum atomic E-state index is 2.80. The molecule has 0 aromatic rings. The zero-order valence-electron chi connectivity index (χ0n) is 8.68. The minimum Gasteiger partial charge on any atom is -0.327 e. The lowest BCUT2D eigenvalue weighted by Gasteiger charge is -2.33. The van der Waals surface area contributed by atoms with Crippen LogP contribution in [0.25, 0.3) is 0 Å². The summed E-state index contributed by atoms with van der Waals surface area (Å²) in [5, 5.41) is 0. The first-order valence-electron chi connectivity index (χ1n) is 5.62. The van der Waals surface area contributed by atoms with Gasteiger partial charge in [0.2, 0.25) is 0 Å². The average Bonchev–Trinajstić information content (AvgIpc) is 2.15. The Morgan fingerprint density at radius 1 is 1.25 bits per heavy atom. The molecule has 0 amide bonds. The zero-order chi connectivity index (χ0) is 8.81. The largest absolute Gasteiger partial charge is 0.327 e. The van der Waals surface area contributed by atoms with Crippen molar-refractivity contribution in [2.24, 2.45) is 0 Å².